The first-order valence-electron chi connectivity index (χ1n) is 5.74. The predicted molar refractivity (Wildman–Crippen MR) is 85.2 cm³/mol. The second-order valence-corrected chi connectivity index (χ2v) is 6.16. The summed E-state index contributed by atoms with van der Waals surface area (Å²) in [6, 6.07) is 10.8. The molecule has 0 fully saturated rings. The summed E-state index contributed by atoms with van der Waals surface area (Å²) in [6.45, 7) is 2.21. The number of nitrogens with zero attached hydrogens (tertiary/aromatic N) is 1. The van der Waals surface area contributed by atoms with Crippen LogP contribution in [0.1, 0.15) is 23.4 Å². The fourth-order valence-corrected chi connectivity index (χ4v) is 3.53. The van der Waals surface area contributed by atoms with Gasteiger partial charge in [-0.2, -0.15) is 0 Å². The van der Waals surface area contributed by atoms with Crippen molar-refractivity contribution in [1.82, 2.24) is 0 Å². The van der Waals surface area contributed by atoms with Crippen molar-refractivity contribution in [1.29, 1.82) is 0 Å². The largest absolute Gasteiger partial charge is 0.367 e. The van der Waals surface area contributed by atoms with Crippen LogP contribution in [0.25, 0.3) is 0 Å². The highest BCUT2D eigenvalue weighted by atomic mass is 79.9. The van der Waals surface area contributed by atoms with Crippen molar-refractivity contribution in [3.63, 3.8) is 0 Å². The van der Waals surface area contributed by atoms with Gasteiger partial charge in [0.05, 0.1) is 6.04 Å². The molecule has 1 aromatic carbocycles. The molecule has 0 aliphatic heterocycles. The minimum absolute atomic E-state index is 0.357. The van der Waals surface area contributed by atoms with Crippen LogP contribution in [-0.2, 0) is 5.33 Å². The number of alkyl halides is 1. The van der Waals surface area contributed by atoms with Crippen molar-refractivity contribution in [3.05, 3.63) is 51.2 Å². The molecule has 1 heterocycles. The van der Waals surface area contributed by atoms with Crippen molar-refractivity contribution in [2.24, 2.45) is 0 Å². The first-order chi connectivity index (χ1) is 8.63. The number of halogens is 2. The Kier molecular flexibility index (Phi) is 4.71. The molecule has 1 unspecified atom stereocenters. The molecule has 0 spiro atoms. The van der Waals surface area contributed by atoms with Gasteiger partial charge in [-0.1, -0.05) is 39.7 Å². The molecule has 1 aromatic heterocycles. The smallest absolute Gasteiger partial charge is 0.0603 e. The molecular formula is C14H15BrClNS. The van der Waals surface area contributed by atoms with Crippen molar-refractivity contribution >= 4 is 44.6 Å². The van der Waals surface area contributed by atoms with Crippen LogP contribution in [0.15, 0.2) is 35.7 Å². The monoisotopic (exact) mass is 343 g/mol. The van der Waals surface area contributed by atoms with E-state index in [0.717, 1.165) is 21.6 Å². The Morgan fingerprint density at radius 2 is 2.17 bits per heavy atom. The van der Waals surface area contributed by atoms with E-state index in [-0.39, 0.29) is 0 Å². The summed E-state index contributed by atoms with van der Waals surface area (Å²) in [6.07, 6.45) is 0. The maximum absolute atomic E-state index is 6.25. The Bertz CT molecular complexity index is 513. The van der Waals surface area contributed by atoms with Gasteiger partial charge in [0, 0.05) is 28.0 Å². The number of hydrogen-bond donors (Lipinski definition) is 0. The first kappa shape index (κ1) is 13.9. The molecule has 0 saturated heterocycles. The summed E-state index contributed by atoms with van der Waals surface area (Å²) >= 11 is 11.5. The molecule has 2 aromatic rings. The Labute approximate surface area is 126 Å². The standard InChI is InChI=1S/C14H15BrClNS/c1-10(14-4-3-7-18-14)17(2)12-6-5-11(9-15)13(16)8-12/h3-8,10H,9H2,1-2H3. The summed E-state index contributed by atoms with van der Waals surface area (Å²) < 4.78 is 0. The van der Waals surface area contributed by atoms with E-state index >= 15 is 0 Å². The molecule has 0 radical (unpaired) electrons. The van der Waals surface area contributed by atoms with Crippen LogP contribution in [0, 0.1) is 0 Å². The van der Waals surface area contributed by atoms with E-state index in [1.165, 1.54) is 4.88 Å². The summed E-state index contributed by atoms with van der Waals surface area (Å²) in [4.78, 5) is 3.61. The van der Waals surface area contributed by atoms with E-state index in [1.54, 1.807) is 11.3 Å². The molecule has 1 atom stereocenters. The molecule has 0 aliphatic rings. The van der Waals surface area contributed by atoms with Crippen LogP contribution in [-0.4, -0.2) is 7.05 Å². The zero-order chi connectivity index (χ0) is 13.1. The molecule has 0 saturated carbocycles. The lowest BCUT2D eigenvalue weighted by atomic mass is 10.1. The number of anilines is 1. The molecule has 0 N–H and O–H groups in total. The van der Waals surface area contributed by atoms with Gasteiger partial charge >= 0.3 is 0 Å². The lowest BCUT2D eigenvalue weighted by Crippen LogP contribution is -2.20. The van der Waals surface area contributed by atoms with Crippen molar-refractivity contribution < 1.29 is 0 Å². The molecule has 0 aliphatic carbocycles. The van der Waals surface area contributed by atoms with Crippen molar-refractivity contribution in [2.45, 2.75) is 18.3 Å². The van der Waals surface area contributed by atoms with Crippen LogP contribution < -0.4 is 4.90 Å². The summed E-state index contributed by atoms with van der Waals surface area (Å²) in [5.41, 5.74) is 2.27. The Morgan fingerprint density at radius 1 is 1.39 bits per heavy atom. The fraction of sp³-hybridized carbons (Fsp3) is 0.286. The van der Waals surface area contributed by atoms with Crippen LogP contribution in [0.3, 0.4) is 0 Å². The van der Waals surface area contributed by atoms with Gasteiger partial charge in [-0.25, -0.2) is 0 Å². The molecule has 2 rings (SSSR count). The zero-order valence-electron chi connectivity index (χ0n) is 10.4. The van der Waals surface area contributed by atoms with E-state index in [2.05, 4.69) is 64.4 Å². The van der Waals surface area contributed by atoms with Crippen molar-refractivity contribution in [3.8, 4) is 0 Å². The van der Waals surface area contributed by atoms with E-state index < -0.39 is 0 Å². The minimum atomic E-state index is 0.357. The highest BCUT2D eigenvalue weighted by Crippen LogP contribution is 2.31. The Hall–Kier alpha value is -0.510. The topological polar surface area (TPSA) is 3.24 Å². The predicted octanol–water partition coefficient (Wildman–Crippen LogP) is 5.49. The number of benzene rings is 1. The third-order valence-electron chi connectivity index (χ3n) is 3.12. The summed E-state index contributed by atoms with van der Waals surface area (Å²) in [5, 5.41) is 3.71. The number of rotatable bonds is 4. The van der Waals surface area contributed by atoms with Gasteiger partial charge in [0.25, 0.3) is 0 Å². The Morgan fingerprint density at radius 3 is 2.72 bits per heavy atom. The number of thiophene rings is 1. The molecule has 0 bridgehead atoms. The van der Waals surface area contributed by atoms with E-state index in [9.17, 15) is 0 Å². The average Bonchev–Trinajstić information content (AvgIpc) is 2.90. The Balaban J connectivity index is 2.23. The first-order valence-corrected chi connectivity index (χ1v) is 8.12. The van der Waals surface area contributed by atoms with Gasteiger partial charge in [-0.15, -0.1) is 11.3 Å². The van der Waals surface area contributed by atoms with Gasteiger partial charge in [0.2, 0.25) is 0 Å². The van der Waals surface area contributed by atoms with Crippen molar-refractivity contribution in [2.75, 3.05) is 11.9 Å². The maximum Gasteiger partial charge on any atom is 0.0603 e. The third-order valence-corrected chi connectivity index (χ3v) is 5.12. The summed E-state index contributed by atoms with van der Waals surface area (Å²) in [7, 11) is 2.10. The zero-order valence-corrected chi connectivity index (χ0v) is 13.5. The van der Waals surface area contributed by atoms with Crippen LogP contribution >= 0.6 is 38.9 Å². The van der Waals surface area contributed by atoms with Gasteiger partial charge < -0.3 is 4.90 Å². The van der Waals surface area contributed by atoms with Gasteiger partial charge in [-0.3, -0.25) is 0 Å². The maximum atomic E-state index is 6.25. The lowest BCUT2D eigenvalue weighted by molar-refractivity contribution is 0.754. The quantitative estimate of drug-likeness (QED) is 0.662. The minimum Gasteiger partial charge on any atom is -0.367 e. The molecule has 1 nitrogen and oxygen atoms in total. The normalized spacial score (nSPS) is 12.4. The SMILES string of the molecule is CC(c1cccs1)N(C)c1ccc(CBr)c(Cl)c1. The highest BCUT2D eigenvalue weighted by Gasteiger charge is 2.14. The molecule has 18 heavy (non-hydrogen) atoms. The third kappa shape index (κ3) is 2.90. The van der Waals surface area contributed by atoms with Crippen LogP contribution in [0.4, 0.5) is 5.69 Å². The number of hydrogen-bond acceptors (Lipinski definition) is 2. The van der Waals surface area contributed by atoms with Crippen LogP contribution in [0.2, 0.25) is 5.02 Å². The molecule has 0 amide bonds. The van der Waals surface area contributed by atoms with Gasteiger partial charge in [-0.05, 0) is 36.1 Å². The second kappa shape index (κ2) is 6.09. The summed E-state index contributed by atoms with van der Waals surface area (Å²) in [5.74, 6) is 0. The van der Waals surface area contributed by atoms with E-state index in [1.807, 2.05) is 6.07 Å². The molecule has 96 valence electrons. The highest BCUT2D eigenvalue weighted by molar-refractivity contribution is 9.08. The lowest BCUT2D eigenvalue weighted by Gasteiger charge is -2.26. The van der Waals surface area contributed by atoms with Gasteiger partial charge in [0.1, 0.15) is 0 Å². The second-order valence-electron chi connectivity index (χ2n) is 4.21. The van der Waals surface area contributed by atoms with Crippen LogP contribution in [0.5, 0.6) is 0 Å². The van der Waals surface area contributed by atoms with E-state index in [4.69, 9.17) is 11.6 Å². The fourth-order valence-electron chi connectivity index (χ4n) is 1.81. The molecular weight excluding hydrogens is 330 g/mol. The van der Waals surface area contributed by atoms with Gasteiger partial charge in [0.15, 0.2) is 0 Å². The molecule has 4 heteroatoms. The average molecular weight is 345 g/mol. The van der Waals surface area contributed by atoms with E-state index in [0.29, 0.717) is 6.04 Å².